The summed E-state index contributed by atoms with van der Waals surface area (Å²) in [5.41, 5.74) is 3.26. The molecule has 0 unspecified atom stereocenters. The molecule has 1 aromatic heterocycles. The van der Waals surface area contributed by atoms with Crippen molar-refractivity contribution in [3.8, 4) is 0 Å². The van der Waals surface area contributed by atoms with Gasteiger partial charge in [0.25, 0.3) is 0 Å². The number of thioether (sulfide) groups is 1. The van der Waals surface area contributed by atoms with Crippen LogP contribution in [0.5, 0.6) is 0 Å². The van der Waals surface area contributed by atoms with E-state index in [-0.39, 0.29) is 28.8 Å². The van der Waals surface area contributed by atoms with Gasteiger partial charge in [-0.2, -0.15) is 4.98 Å². The Bertz CT molecular complexity index is 1220. The van der Waals surface area contributed by atoms with Crippen LogP contribution in [0.15, 0.2) is 77.1 Å². The summed E-state index contributed by atoms with van der Waals surface area (Å²) in [5, 5.41) is 8.60. The predicted octanol–water partition coefficient (Wildman–Crippen LogP) is 4.91. The summed E-state index contributed by atoms with van der Waals surface area (Å²) in [7, 11) is 0. The molecule has 1 atom stereocenters. The van der Waals surface area contributed by atoms with E-state index in [9.17, 15) is 9.59 Å². The van der Waals surface area contributed by atoms with Crippen molar-refractivity contribution in [2.24, 2.45) is 5.41 Å². The van der Waals surface area contributed by atoms with Crippen molar-refractivity contribution in [1.82, 2.24) is 14.8 Å². The van der Waals surface area contributed by atoms with E-state index >= 15 is 0 Å². The summed E-state index contributed by atoms with van der Waals surface area (Å²) < 4.78 is 1.79. The first kappa shape index (κ1) is 20.7. The molecule has 0 fully saturated rings. The standard InChI is InChI=1S/C25H24N4O2S/c1-25(2)13-18-21(19(30)14-25)22(17-11-7-4-8-12-17)29-23(26-18)27-24(28-29)32-15-20(31)16-9-5-3-6-10-16/h3-12,22H,13-15H2,1-2H3,(H,26,27,28)/t22-/m0/s1. The van der Waals surface area contributed by atoms with Gasteiger partial charge in [-0.15, -0.1) is 5.10 Å². The SMILES string of the molecule is CC1(C)CC(=O)C2=C(C1)Nc1nc(SCC(=O)c3ccccc3)nn1[C@H]2c1ccccc1. The van der Waals surface area contributed by atoms with Crippen molar-refractivity contribution in [2.75, 3.05) is 11.1 Å². The number of hydrogen-bond acceptors (Lipinski definition) is 6. The van der Waals surface area contributed by atoms with Crippen LogP contribution in [0.4, 0.5) is 5.95 Å². The molecule has 5 rings (SSSR count). The lowest BCUT2D eigenvalue weighted by Crippen LogP contribution is -2.36. The second-order valence-corrected chi connectivity index (χ2v) is 9.95. The van der Waals surface area contributed by atoms with E-state index in [1.807, 2.05) is 60.7 Å². The minimum absolute atomic E-state index is 0.0327. The lowest BCUT2D eigenvalue weighted by molar-refractivity contribution is -0.118. The lowest BCUT2D eigenvalue weighted by Gasteiger charge is -2.38. The Morgan fingerprint density at radius 3 is 2.50 bits per heavy atom. The Labute approximate surface area is 191 Å². The highest BCUT2D eigenvalue weighted by atomic mass is 32.2. The fourth-order valence-corrected chi connectivity index (χ4v) is 5.16. The molecule has 1 N–H and O–H groups in total. The van der Waals surface area contributed by atoms with Gasteiger partial charge < -0.3 is 5.32 Å². The zero-order valence-corrected chi connectivity index (χ0v) is 18.9. The highest BCUT2D eigenvalue weighted by Gasteiger charge is 2.41. The van der Waals surface area contributed by atoms with Gasteiger partial charge >= 0.3 is 0 Å². The molecule has 0 saturated heterocycles. The zero-order valence-electron chi connectivity index (χ0n) is 18.0. The van der Waals surface area contributed by atoms with Crippen molar-refractivity contribution in [3.05, 3.63) is 83.1 Å². The number of nitrogens with zero attached hydrogens (tertiary/aromatic N) is 3. The molecule has 0 saturated carbocycles. The third kappa shape index (κ3) is 3.88. The van der Waals surface area contributed by atoms with Crippen LogP contribution >= 0.6 is 11.8 Å². The summed E-state index contributed by atoms with van der Waals surface area (Å²) >= 11 is 1.31. The number of benzene rings is 2. The third-order valence-electron chi connectivity index (χ3n) is 5.86. The van der Waals surface area contributed by atoms with Crippen LogP contribution < -0.4 is 5.32 Å². The monoisotopic (exact) mass is 444 g/mol. The highest BCUT2D eigenvalue weighted by molar-refractivity contribution is 7.99. The number of carbonyl (C=O) groups excluding carboxylic acids is 2. The normalized spacial score (nSPS) is 19.2. The minimum Gasteiger partial charge on any atom is -0.328 e. The van der Waals surface area contributed by atoms with Gasteiger partial charge in [0, 0.05) is 23.3 Å². The van der Waals surface area contributed by atoms with Crippen molar-refractivity contribution < 1.29 is 9.59 Å². The number of rotatable bonds is 5. The summed E-state index contributed by atoms with van der Waals surface area (Å²) in [5.74, 6) is 1.04. The Morgan fingerprint density at radius 1 is 1.09 bits per heavy atom. The summed E-state index contributed by atoms with van der Waals surface area (Å²) in [6.07, 6.45) is 1.29. The van der Waals surface area contributed by atoms with Crippen LogP contribution in [0.3, 0.4) is 0 Å². The van der Waals surface area contributed by atoms with Gasteiger partial charge in [-0.25, -0.2) is 4.68 Å². The maximum absolute atomic E-state index is 13.2. The van der Waals surface area contributed by atoms with Gasteiger partial charge in [0.1, 0.15) is 6.04 Å². The van der Waals surface area contributed by atoms with Crippen LogP contribution in [-0.2, 0) is 4.79 Å². The lowest BCUT2D eigenvalue weighted by atomic mass is 9.73. The fourth-order valence-electron chi connectivity index (χ4n) is 4.43. The van der Waals surface area contributed by atoms with Gasteiger partial charge in [0.05, 0.1) is 5.75 Å². The Kier molecular flexibility index (Phi) is 5.21. The second-order valence-electron chi connectivity index (χ2n) is 9.01. The van der Waals surface area contributed by atoms with E-state index in [0.29, 0.717) is 23.1 Å². The number of anilines is 1. The number of fused-ring (bicyclic) bond motifs is 1. The largest absolute Gasteiger partial charge is 0.328 e. The number of hydrogen-bond donors (Lipinski definition) is 1. The molecule has 162 valence electrons. The molecular formula is C25H24N4O2S. The molecule has 7 heteroatoms. The fraction of sp³-hybridized carbons (Fsp3) is 0.280. The first-order chi connectivity index (χ1) is 15.4. The van der Waals surface area contributed by atoms with Crippen LogP contribution in [0.25, 0.3) is 0 Å². The molecule has 2 heterocycles. The number of aromatic nitrogens is 3. The van der Waals surface area contributed by atoms with Gasteiger partial charge in [-0.05, 0) is 17.4 Å². The van der Waals surface area contributed by atoms with Crippen molar-refractivity contribution in [1.29, 1.82) is 0 Å². The Morgan fingerprint density at radius 2 is 1.78 bits per heavy atom. The molecule has 0 amide bonds. The number of nitrogens with one attached hydrogen (secondary N) is 1. The van der Waals surface area contributed by atoms with E-state index in [4.69, 9.17) is 5.10 Å². The number of allylic oxidation sites excluding steroid dienone is 2. The summed E-state index contributed by atoms with van der Waals surface area (Å²) in [6.45, 7) is 4.23. The number of Topliss-reactive ketones (excluding diaryl/α,β-unsaturated/α-hetero) is 2. The summed E-state index contributed by atoms with van der Waals surface area (Å²) in [4.78, 5) is 30.4. The van der Waals surface area contributed by atoms with Crippen molar-refractivity contribution in [3.63, 3.8) is 0 Å². The van der Waals surface area contributed by atoms with Gasteiger partial charge in [-0.3, -0.25) is 9.59 Å². The molecule has 32 heavy (non-hydrogen) atoms. The molecule has 0 radical (unpaired) electrons. The van der Waals surface area contributed by atoms with Gasteiger partial charge in [0.2, 0.25) is 11.1 Å². The Hall–Kier alpha value is -3.19. The highest BCUT2D eigenvalue weighted by Crippen LogP contribution is 2.45. The van der Waals surface area contributed by atoms with Crippen molar-refractivity contribution in [2.45, 2.75) is 37.9 Å². The van der Waals surface area contributed by atoms with Crippen LogP contribution in [0, 0.1) is 5.41 Å². The van der Waals surface area contributed by atoms with E-state index in [1.165, 1.54) is 11.8 Å². The second kappa shape index (κ2) is 8.06. The van der Waals surface area contributed by atoms with E-state index < -0.39 is 0 Å². The number of carbonyl (C=O) groups is 2. The quantitative estimate of drug-likeness (QED) is 0.445. The predicted molar refractivity (Wildman–Crippen MR) is 125 cm³/mol. The van der Waals surface area contributed by atoms with Gasteiger partial charge in [0.15, 0.2) is 11.6 Å². The van der Waals surface area contributed by atoms with E-state index in [1.54, 1.807) is 4.68 Å². The molecule has 2 aliphatic rings. The van der Waals surface area contributed by atoms with Crippen LogP contribution in [-0.4, -0.2) is 32.1 Å². The van der Waals surface area contributed by atoms with E-state index in [2.05, 4.69) is 24.1 Å². The molecule has 2 aromatic carbocycles. The average molecular weight is 445 g/mol. The Balaban J connectivity index is 1.48. The molecule has 0 spiro atoms. The molecule has 0 bridgehead atoms. The molecular weight excluding hydrogens is 420 g/mol. The van der Waals surface area contributed by atoms with Gasteiger partial charge in [-0.1, -0.05) is 86.3 Å². The summed E-state index contributed by atoms with van der Waals surface area (Å²) in [6, 6.07) is 18.8. The molecule has 1 aliphatic heterocycles. The minimum atomic E-state index is -0.322. The van der Waals surface area contributed by atoms with Crippen molar-refractivity contribution >= 4 is 29.3 Å². The first-order valence-corrected chi connectivity index (χ1v) is 11.7. The van der Waals surface area contributed by atoms with Crippen LogP contribution in [0.2, 0.25) is 0 Å². The first-order valence-electron chi connectivity index (χ1n) is 10.7. The molecule has 3 aromatic rings. The smallest absolute Gasteiger partial charge is 0.227 e. The average Bonchev–Trinajstić information content (AvgIpc) is 3.19. The maximum Gasteiger partial charge on any atom is 0.227 e. The number of ketones is 2. The molecule has 6 nitrogen and oxygen atoms in total. The third-order valence-corrected chi connectivity index (χ3v) is 6.69. The topological polar surface area (TPSA) is 76.9 Å². The van der Waals surface area contributed by atoms with Crippen LogP contribution in [0.1, 0.15) is 48.7 Å². The zero-order chi connectivity index (χ0) is 22.3. The van der Waals surface area contributed by atoms with E-state index in [0.717, 1.165) is 23.3 Å². The molecule has 1 aliphatic carbocycles. The maximum atomic E-state index is 13.2.